The van der Waals surface area contributed by atoms with Crippen molar-refractivity contribution in [3.8, 4) is 0 Å². The highest BCUT2D eigenvalue weighted by Gasteiger charge is 2.51. The molecule has 25 heavy (non-hydrogen) atoms. The predicted octanol–water partition coefficient (Wildman–Crippen LogP) is 4.70. The van der Waals surface area contributed by atoms with Crippen molar-refractivity contribution in [3.05, 3.63) is 36.1 Å². The number of para-hydroxylation sites is 1. The Bertz CT molecular complexity index is 755. The topological polar surface area (TPSA) is 42.2 Å². The van der Waals surface area contributed by atoms with Crippen LogP contribution in [0.4, 0.5) is 0 Å². The molecule has 1 amide bonds. The van der Waals surface area contributed by atoms with Gasteiger partial charge in [-0.15, -0.1) is 0 Å². The Morgan fingerprint density at radius 2 is 1.76 bits per heavy atom. The van der Waals surface area contributed by atoms with E-state index in [0.29, 0.717) is 12.0 Å². The number of nitrogens with one attached hydrogen (secondary N) is 1. The lowest BCUT2D eigenvalue weighted by atomic mass is 9.49. The van der Waals surface area contributed by atoms with E-state index in [-0.39, 0.29) is 5.91 Å². The van der Waals surface area contributed by atoms with Gasteiger partial charge in [-0.05, 0) is 79.7 Å². The number of fused-ring (bicyclic) bond motifs is 1. The van der Waals surface area contributed by atoms with Gasteiger partial charge in [-0.1, -0.05) is 18.2 Å². The summed E-state index contributed by atoms with van der Waals surface area (Å²) in [4.78, 5) is 12.6. The lowest BCUT2D eigenvalue weighted by molar-refractivity contribution is -0.129. The molecular weight excluding hydrogens is 310 g/mol. The molecule has 0 atom stereocenters. The van der Waals surface area contributed by atoms with Gasteiger partial charge in [0.2, 0.25) is 5.91 Å². The molecule has 0 radical (unpaired) electrons. The molecule has 0 unspecified atom stereocenters. The van der Waals surface area contributed by atoms with Gasteiger partial charge in [0.15, 0.2) is 0 Å². The zero-order valence-corrected chi connectivity index (χ0v) is 14.8. The Balaban J connectivity index is 1.18. The fourth-order valence-electron chi connectivity index (χ4n) is 6.47. The third-order valence-corrected chi connectivity index (χ3v) is 6.98. The molecule has 4 aliphatic rings. The van der Waals surface area contributed by atoms with E-state index in [9.17, 15) is 4.79 Å². The Morgan fingerprint density at radius 3 is 2.48 bits per heavy atom. The molecule has 1 heterocycles. The minimum atomic E-state index is 0.259. The maximum atomic E-state index is 12.6. The molecule has 4 bridgehead atoms. The number of furan rings is 1. The van der Waals surface area contributed by atoms with E-state index in [4.69, 9.17) is 4.42 Å². The van der Waals surface area contributed by atoms with Gasteiger partial charge in [0.25, 0.3) is 0 Å². The minimum Gasteiger partial charge on any atom is -0.464 e. The number of hydrogen-bond donors (Lipinski definition) is 1. The van der Waals surface area contributed by atoms with Gasteiger partial charge >= 0.3 is 0 Å². The standard InChI is InChI=1S/C22H27NO2/c24-21(13-22-10-15-7-16(11-22)9-17(8-15)12-22)23-6-5-18-14-25-20-4-2-1-3-19(18)20/h1-4,14-17H,5-13H2,(H,23,24). The normalized spacial score (nSPS) is 33.0. The molecule has 0 aliphatic heterocycles. The van der Waals surface area contributed by atoms with Gasteiger partial charge in [-0.3, -0.25) is 4.79 Å². The maximum Gasteiger partial charge on any atom is 0.220 e. The van der Waals surface area contributed by atoms with Crippen LogP contribution >= 0.6 is 0 Å². The first kappa shape index (κ1) is 15.5. The second kappa shape index (κ2) is 5.89. The number of rotatable bonds is 5. The molecule has 0 spiro atoms. The molecule has 2 aromatic rings. The van der Waals surface area contributed by atoms with Crippen LogP contribution in [0.15, 0.2) is 34.9 Å². The third kappa shape index (κ3) is 2.88. The largest absolute Gasteiger partial charge is 0.464 e. The van der Waals surface area contributed by atoms with Crippen LogP contribution in [-0.4, -0.2) is 12.5 Å². The fraction of sp³-hybridized carbons (Fsp3) is 0.591. The number of hydrogen-bond acceptors (Lipinski definition) is 2. The lowest BCUT2D eigenvalue weighted by Gasteiger charge is -2.56. The Hall–Kier alpha value is -1.77. The van der Waals surface area contributed by atoms with Gasteiger partial charge in [-0.2, -0.15) is 0 Å². The Kier molecular flexibility index (Phi) is 3.65. The highest BCUT2D eigenvalue weighted by molar-refractivity contribution is 5.81. The molecule has 1 N–H and O–H groups in total. The molecule has 3 heteroatoms. The van der Waals surface area contributed by atoms with E-state index in [1.807, 2.05) is 24.5 Å². The van der Waals surface area contributed by atoms with E-state index in [1.165, 1.54) is 44.1 Å². The Labute approximate surface area is 149 Å². The molecule has 3 nitrogen and oxygen atoms in total. The van der Waals surface area contributed by atoms with Gasteiger partial charge in [0.1, 0.15) is 5.58 Å². The van der Waals surface area contributed by atoms with Crippen molar-refractivity contribution >= 4 is 16.9 Å². The van der Waals surface area contributed by atoms with Crippen LogP contribution in [0, 0.1) is 23.2 Å². The van der Waals surface area contributed by atoms with Gasteiger partial charge in [-0.25, -0.2) is 0 Å². The summed E-state index contributed by atoms with van der Waals surface area (Å²) in [5.41, 5.74) is 2.45. The van der Waals surface area contributed by atoms with Crippen molar-refractivity contribution in [2.45, 2.75) is 51.4 Å². The van der Waals surface area contributed by atoms with Crippen molar-refractivity contribution in [2.75, 3.05) is 6.54 Å². The first-order valence-corrected chi connectivity index (χ1v) is 9.91. The monoisotopic (exact) mass is 337 g/mol. The fourth-order valence-corrected chi connectivity index (χ4v) is 6.47. The summed E-state index contributed by atoms with van der Waals surface area (Å²) in [5, 5.41) is 4.34. The zero-order valence-electron chi connectivity index (χ0n) is 14.8. The Morgan fingerprint density at radius 1 is 1.08 bits per heavy atom. The molecule has 132 valence electrons. The molecule has 6 rings (SSSR count). The molecular formula is C22H27NO2. The summed E-state index contributed by atoms with van der Waals surface area (Å²) in [6, 6.07) is 8.10. The van der Waals surface area contributed by atoms with Crippen LogP contribution in [0.5, 0.6) is 0 Å². The highest BCUT2D eigenvalue weighted by Crippen LogP contribution is 2.61. The number of carbonyl (C=O) groups is 1. The molecule has 1 aromatic heterocycles. The van der Waals surface area contributed by atoms with E-state index in [2.05, 4.69) is 11.4 Å². The van der Waals surface area contributed by atoms with Gasteiger partial charge in [0, 0.05) is 18.4 Å². The molecule has 1 aromatic carbocycles. The van der Waals surface area contributed by atoms with Crippen molar-refractivity contribution in [2.24, 2.45) is 23.2 Å². The van der Waals surface area contributed by atoms with Crippen LogP contribution in [0.2, 0.25) is 0 Å². The third-order valence-electron chi connectivity index (χ3n) is 6.98. The first-order valence-electron chi connectivity index (χ1n) is 9.91. The zero-order chi connectivity index (χ0) is 16.9. The van der Waals surface area contributed by atoms with Crippen LogP contribution in [-0.2, 0) is 11.2 Å². The summed E-state index contributed by atoms with van der Waals surface area (Å²) in [6.45, 7) is 0.703. The average Bonchev–Trinajstić information content (AvgIpc) is 2.96. The maximum absolute atomic E-state index is 12.6. The summed E-state index contributed by atoms with van der Waals surface area (Å²) < 4.78 is 5.58. The predicted molar refractivity (Wildman–Crippen MR) is 98.1 cm³/mol. The smallest absolute Gasteiger partial charge is 0.220 e. The molecule has 4 aliphatic carbocycles. The number of benzene rings is 1. The van der Waals surface area contributed by atoms with Crippen LogP contribution in [0.25, 0.3) is 11.0 Å². The molecule has 4 fully saturated rings. The average molecular weight is 337 g/mol. The molecule has 0 saturated heterocycles. The second-order valence-corrected chi connectivity index (χ2v) is 8.95. The quantitative estimate of drug-likeness (QED) is 0.859. The number of amides is 1. The van der Waals surface area contributed by atoms with Crippen LogP contribution < -0.4 is 5.32 Å². The summed E-state index contributed by atoms with van der Waals surface area (Å²) in [7, 11) is 0. The van der Waals surface area contributed by atoms with Gasteiger partial charge < -0.3 is 9.73 Å². The van der Waals surface area contributed by atoms with Crippen molar-refractivity contribution in [1.29, 1.82) is 0 Å². The lowest BCUT2D eigenvalue weighted by Crippen LogP contribution is -2.48. The van der Waals surface area contributed by atoms with E-state index >= 15 is 0 Å². The number of carbonyl (C=O) groups excluding carboxylic acids is 1. The first-order chi connectivity index (χ1) is 12.2. The van der Waals surface area contributed by atoms with E-state index in [0.717, 1.165) is 41.6 Å². The summed E-state index contributed by atoms with van der Waals surface area (Å²) >= 11 is 0. The van der Waals surface area contributed by atoms with Crippen LogP contribution in [0.1, 0.15) is 50.5 Å². The van der Waals surface area contributed by atoms with E-state index < -0.39 is 0 Å². The van der Waals surface area contributed by atoms with Crippen LogP contribution in [0.3, 0.4) is 0 Å². The van der Waals surface area contributed by atoms with E-state index in [1.54, 1.807) is 0 Å². The van der Waals surface area contributed by atoms with Crippen molar-refractivity contribution in [1.82, 2.24) is 5.32 Å². The summed E-state index contributed by atoms with van der Waals surface area (Å²) in [6.07, 6.45) is 11.6. The minimum absolute atomic E-state index is 0.259. The van der Waals surface area contributed by atoms with Gasteiger partial charge in [0.05, 0.1) is 6.26 Å². The highest BCUT2D eigenvalue weighted by atomic mass is 16.3. The second-order valence-electron chi connectivity index (χ2n) is 8.95. The molecule has 4 saturated carbocycles. The van der Waals surface area contributed by atoms with Crippen molar-refractivity contribution < 1.29 is 9.21 Å². The summed E-state index contributed by atoms with van der Waals surface area (Å²) in [5.74, 6) is 3.00. The van der Waals surface area contributed by atoms with Crippen molar-refractivity contribution in [3.63, 3.8) is 0 Å². The SMILES string of the molecule is O=C(CC12CC3CC(CC(C3)C1)C2)NCCc1coc2ccccc12.